The van der Waals surface area contributed by atoms with Gasteiger partial charge in [-0.05, 0) is 44.0 Å². The zero-order chi connectivity index (χ0) is 23.3. The summed E-state index contributed by atoms with van der Waals surface area (Å²) in [5.41, 5.74) is 2.41. The highest BCUT2D eigenvalue weighted by molar-refractivity contribution is 7.94. The summed E-state index contributed by atoms with van der Waals surface area (Å²) >= 11 is -0.889. The number of rotatable bonds is 7. The maximum atomic E-state index is 13.2. The fourth-order valence-electron chi connectivity index (χ4n) is 5.15. The van der Waals surface area contributed by atoms with Gasteiger partial charge in [0.2, 0.25) is 11.2 Å². The van der Waals surface area contributed by atoms with E-state index in [0.717, 1.165) is 56.0 Å². The van der Waals surface area contributed by atoms with Gasteiger partial charge in [-0.1, -0.05) is 36.4 Å². The van der Waals surface area contributed by atoms with E-state index in [0.29, 0.717) is 12.8 Å². The first-order valence-corrected chi connectivity index (χ1v) is 12.9. The zero-order valence-corrected chi connectivity index (χ0v) is 20.4. The number of hydrogen-bond acceptors (Lipinski definition) is 6. The van der Waals surface area contributed by atoms with Crippen LogP contribution in [0.25, 0.3) is 0 Å². The van der Waals surface area contributed by atoms with E-state index in [-0.39, 0.29) is 5.97 Å². The van der Waals surface area contributed by atoms with Gasteiger partial charge in [0.05, 0.1) is 14.2 Å². The van der Waals surface area contributed by atoms with Gasteiger partial charge in [-0.3, -0.25) is 4.90 Å². The van der Waals surface area contributed by atoms with E-state index in [2.05, 4.69) is 40.1 Å². The minimum Gasteiger partial charge on any atom is -0.465 e. The lowest BCUT2D eigenvalue weighted by Gasteiger charge is -2.37. The van der Waals surface area contributed by atoms with Crippen molar-refractivity contribution < 1.29 is 18.8 Å². The van der Waals surface area contributed by atoms with Crippen molar-refractivity contribution in [3.63, 3.8) is 0 Å². The molecule has 2 aliphatic rings. The lowest BCUT2D eigenvalue weighted by molar-refractivity contribution is -0.147. The normalized spacial score (nSPS) is 25.8. The first-order chi connectivity index (χ1) is 16.1. The van der Waals surface area contributed by atoms with E-state index >= 15 is 0 Å². The van der Waals surface area contributed by atoms with Gasteiger partial charge in [0, 0.05) is 43.9 Å². The van der Waals surface area contributed by atoms with Crippen LogP contribution in [0.5, 0.6) is 0 Å². The molecule has 0 saturated carbocycles. The van der Waals surface area contributed by atoms with Crippen LogP contribution in [0.2, 0.25) is 0 Å². The number of hydrogen-bond donors (Lipinski definition) is 1. The number of benzene rings is 2. The third kappa shape index (κ3) is 4.92. The summed E-state index contributed by atoms with van der Waals surface area (Å²) < 4.78 is 10.2. The second-order valence-electron chi connectivity index (χ2n) is 8.75. The van der Waals surface area contributed by atoms with Crippen molar-refractivity contribution in [2.45, 2.75) is 41.4 Å². The summed E-state index contributed by atoms with van der Waals surface area (Å²) in [6.07, 6.45) is 1.77. The van der Waals surface area contributed by atoms with Crippen molar-refractivity contribution in [3.05, 3.63) is 60.2 Å². The van der Waals surface area contributed by atoms with Crippen LogP contribution in [0.3, 0.4) is 0 Å². The third-order valence-electron chi connectivity index (χ3n) is 6.94. The van der Waals surface area contributed by atoms with Gasteiger partial charge in [-0.15, -0.1) is 0 Å². The van der Waals surface area contributed by atoms with E-state index in [9.17, 15) is 9.90 Å². The van der Waals surface area contributed by atoms with Crippen molar-refractivity contribution in [1.29, 1.82) is 0 Å². The van der Waals surface area contributed by atoms with E-state index in [1.165, 1.54) is 12.8 Å². The Morgan fingerprint density at radius 1 is 1.06 bits per heavy atom. The molecule has 0 bridgehead atoms. The van der Waals surface area contributed by atoms with Crippen LogP contribution >= 0.6 is 0 Å². The number of methoxy groups -OCH3 is 1. The quantitative estimate of drug-likeness (QED) is 0.495. The third-order valence-corrected chi connectivity index (χ3v) is 9.38. The van der Waals surface area contributed by atoms with Crippen molar-refractivity contribution in [2.75, 3.05) is 51.8 Å². The number of anilines is 1. The molecule has 0 amide bonds. The number of nitrogens with zero attached hydrogens (tertiary/aromatic N) is 2. The summed E-state index contributed by atoms with van der Waals surface area (Å²) in [5.74, 6) is -0.370. The Hall–Kier alpha value is -2.06. The molecule has 0 radical (unpaired) electrons. The van der Waals surface area contributed by atoms with Crippen LogP contribution in [0.1, 0.15) is 24.8 Å². The number of aliphatic hydroxyl groups excluding tert-OH is 1. The standard InChI is InChI=1S/C26H35N2O4S/c1-31-25(30)26(24(29)14-13-21-9-6-7-12-23(21)33(26)32-2)15-8-16-27-17-19-28(20-18-27)22-10-4-3-5-11-22/h3-7,9-12,24,29H,8,13-20H2,1-2H3/q+1. The smallest absolute Gasteiger partial charge is 0.369 e. The van der Waals surface area contributed by atoms with Gasteiger partial charge in [0.15, 0.2) is 4.90 Å². The molecule has 2 heterocycles. The SMILES string of the molecule is COC(=O)C1(CCCN2CCN(c3ccccc3)CC2)C(O)CCc2ccccc2[S+]1OC. The van der Waals surface area contributed by atoms with Crippen LogP contribution in [0.15, 0.2) is 59.5 Å². The molecule has 1 saturated heterocycles. The summed E-state index contributed by atoms with van der Waals surface area (Å²) in [6, 6.07) is 18.6. The van der Waals surface area contributed by atoms with Crippen LogP contribution in [-0.2, 0) is 31.3 Å². The Bertz CT molecular complexity index is 920. The Morgan fingerprint density at radius 2 is 1.76 bits per heavy atom. The fraction of sp³-hybridized carbons (Fsp3) is 0.500. The van der Waals surface area contributed by atoms with Gasteiger partial charge in [0.1, 0.15) is 6.10 Å². The number of aryl methyl sites for hydroxylation is 1. The highest BCUT2D eigenvalue weighted by atomic mass is 32.2. The van der Waals surface area contributed by atoms with E-state index in [1.807, 2.05) is 24.3 Å². The monoisotopic (exact) mass is 471 g/mol. The van der Waals surface area contributed by atoms with Crippen molar-refractivity contribution in [3.8, 4) is 0 Å². The highest BCUT2D eigenvalue weighted by Crippen LogP contribution is 2.42. The molecular weight excluding hydrogens is 436 g/mol. The molecule has 2 aromatic rings. The Kier molecular flexibility index (Phi) is 7.96. The molecule has 1 N–H and O–H groups in total. The van der Waals surface area contributed by atoms with Crippen LogP contribution in [0, 0.1) is 0 Å². The minimum absolute atomic E-state index is 0.370. The Labute approximate surface area is 200 Å². The van der Waals surface area contributed by atoms with Crippen molar-refractivity contribution in [1.82, 2.24) is 4.90 Å². The van der Waals surface area contributed by atoms with Gasteiger partial charge >= 0.3 is 5.97 Å². The predicted molar refractivity (Wildman–Crippen MR) is 132 cm³/mol. The summed E-state index contributed by atoms with van der Waals surface area (Å²) in [4.78, 5) is 19.1. The molecule has 4 rings (SSSR count). The molecule has 3 unspecified atom stereocenters. The number of piperazine rings is 1. The number of para-hydroxylation sites is 1. The first-order valence-electron chi connectivity index (χ1n) is 11.8. The molecule has 7 heteroatoms. The minimum atomic E-state index is -1.08. The summed E-state index contributed by atoms with van der Waals surface area (Å²) in [7, 11) is 3.05. The molecule has 2 aromatic carbocycles. The fourth-order valence-corrected chi connectivity index (χ4v) is 7.56. The average molecular weight is 472 g/mol. The maximum absolute atomic E-state index is 13.2. The molecule has 6 nitrogen and oxygen atoms in total. The van der Waals surface area contributed by atoms with Gasteiger partial charge in [0.25, 0.3) is 4.75 Å². The summed E-state index contributed by atoms with van der Waals surface area (Å²) in [6.45, 7) is 4.84. The van der Waals surface area contributed by atoms with Crippen LogP contribution in [-0.4, -0.2) is 73.8 Å². The van der Waals surface area contributed by atoms with E-state index in [4.69, 9.17) is 8.92 Å². The average Bonchev–Trinajstić information content (AvgIpc) is 2.99. The van der Waals surface area contributed by atoms with Crippen LogP contribution in [0.4, 0.5) is 5.69 Å². The molecular formula is C26H35N2O4S+. The molecule has 178 valence electrons. The Morgan fingerprint density at radius 3 is 2.45 bits per heavy atom. The molecule has 0 spiro atoms. The van der Waals surface area contributed by atoms with Crippen molar-refractivity contribution in [2.24, 2.45) is 0 Å². The number of carbonyl (C=O) groups excluding carboxylic acids is 1. The number of fused-ring (bicyclic) bond motifs is 1. The maximum Gasteiger partial charge on any atom is 0.369 e. The molecule has 33 heavy (non-hydrogen) atoms. The largest absolute Gasteiger partial charge is 0.465 e. The topological polar surface area (TPSA) is 62.2 Å². The molecule has 2 aliphatic heterocycles. The highest BCUT2D eigenvalue weighted by Gasteiger charge is 2.64. The number of carbonyl (C=O) groups is 1. The van der Waals surface area contributed by atoms with E-state index < -0.39 is 22.0 Å². The zero-order valence-electron chi connectivity index (χ0n) is 19.6. The number of ether oxygens (including phenoxy) is 1. The lowest BCUT2D eigenvalue weighted by Crippen LogP contribution is -2.56. The van der Waals surface area contributed by atoms with E-state index in [1.54, 1.807) is 7.11 Å². The van der Waals surface area contributed by atoms with Crippen LogP contribution < -0.4 is 4.90 Å². The number of esters is 1. The van der Waals surface area contributed by atoms with Gasteiger partial charge in [-0.25, -0.2) is 4.79 Å². The predicted octanol–water partition coefficient (Wildman–Crippen LogP) is 3.05. The van der Waals surface area contributed by atoms with Gasteiger partial charge < -0.3 is 14.7 Å². The first kappa shape index (κ1) is 24.1. The second-order valence-corrected chi connectivity index (χ2v) is 10.8. The summed E-state index contributed by atoms with van der Waals surface area (Å²) in [5, 5.41) is 11.3. The second kappa shape index (κ2) is 10.9. The van der Waals surface area contributed by atoms with Gasteiger partial charge in [-0.2, -0.15) is 4.18 Å². The molecule has 0 aromatic heterocycles. The molecule has 0 aliphatic carbocycles. The molecule has 1 fully saturated rings. The molecule has 3 atom stereocenters. The van der Waals surface area contributed by atoms with Crippen molar-refractivity contribution >= 4 is 22.8 Å². The Balaban J connectivity index is 1.45. The lowest BCUT2D eigenvalue weighted by atomic mass is 9.91. The number of aliphatic hydroxyl groups is 1.